The van der Waals surface area contributed by atoms with E-state index in [9.17, 15) is 10.1 Å². The highest BCUT2D eigenvalue weighted by Crippen LogP contribution is 2.63. The molecule has 0 bridgehead atoms. The zero-order valence-electron chi connectivity index (χ0n) is 19.1. The number of nitro groups is 1. The quantitative estimate of drug-likeness (QED) is 0.323. The average molecular weight is 455 g/mol. The van der Waals surface area contributed by atoms with E-state index in [1.165, 1.54) is 25.2 Å². The Balaban J connectivity index is 1.62. The van der Waals surface area contributed by atoms with Gasteiger partial charge in [0.15, 0.2) is 11.5 Å². The first-order chi connectivity index (χ1) is 16.6. The number of hydrogen-bond acceptors (Lipinski definition) is 5. The molecule has 6 nitrogen and oxygen atoms in total. The fourth-order valence-electron chi connectivity index (χ4n) is 6.22. The Kier molecular flexibility index (Phi) is 4.66. The Bertz CT molecular complexity index is 1300. The molecule has 172 valence electrons. The Morgan fingerprint density at radius 1 is 1.00 bits per heavy atom. The third-order valence-corrected chi connectivity index (χ3v) is 7.65. The lowest BCUT2D eigenvalue weighted by molar-refractivity contribution is -0.385. The zero-order chi connectivity index (χ0) is 23.3. The van der Waals surface area contributed by atoms with Gasteiger partial charge in [-0.15, -0.1) is 0 Å². The van der Waals surface area contributed by atoms with Crippen LogP contribution in [-0.4, -0.2) is 17.8 Å². The second-order valence-electron chi connectivity index (χ2n) is 9.29. The summed E-state index contributed by atoms with van der Waals surface area (Å²) < 4.78 is 12.7. The molecule has 0 radical (unpaired) electrons. The number of hydrogen-bond donors (Lipinski definition) is 0. The first kappa shape index (κ1) is 20.8. The van der Waals surface area contributed by atoms with Crippen molar-refractivity contribution in [1.29, 1.82) is 0 Å². The van der Waals surface area contributed by atoms with Gasteiger partial charge in [0.1, 0.15) is 0 Å². The lowest BCUT2D eigenvalue weighted by Crippen LogP contribution is -2.60. The van der Waals surface area contributed by atoms with Gasteiger partial charge in [-0.05, 0) is 48.8 Å². The highest BCUT2D eigenvalue weighted by molar-refractivity contribution is 5.81. The number of ether oxygens (including phenoxy) is 2. The van der Waals surface area contributed by atoms with Gasteiger partial charge in [0.2, 0.25) is 5.72 Å². The van der Waals surface area contributed by atoms with Gasteiger partial charge in [-0.3, -0.25) is 15.0 Å². The van der Waals surface area contributed by atoms with E-state index in [2.05, 4.69) is 47.4 Å². The topological polar surface area (TPSA) is 64.8 Å². The van der Waals surface area contributed by atoms with Crippen LogP contribution in [0.4, 0.5) is 17.1 Å². The molecule has 1 aliphatic carbocycles. The summed E-state index contributed by atoms with van der Waals surface area (Å²) in [5, 5.41) is 11.5. The van der Waals surface area contributed by atoms with Crippen LogP contribution in [0.5, 0.6) is 11.5 Å². The molecule has 1 unspecified atom stereocenters. The second kappa shape index (κ2) is 7.62. The molecular weight excluding hydrogens is 428 g/mol. The predicted molar refractivity (Wildman–Crippen MR) is 132 cm³/mol. The molecule has 3 aromatic carbocycles. The van der Waals surface area contributed by atoms with Crippen LogP contribution in [0.3, 0.4) is 0 Å². The highest BCUT2D eigenvalue weighted by atomic mass is 16.6. The van der Waals surface area contributed by atoms with Crippen LogP contribution in [0.2, 0.25) is 0 Å². The van der Waals surface area contributed by atoms with Crippen molar-refractivity contribution in [3.8, 4) is 11.5 Å². The third-order valence-electron chi connectivity index (χ3n) is 7.65. The van der Waals surface area contributed by atoms with Gasteiger partial charge in [-0.2, -0.15) is 0 Å². The number of rotatable bonds is 3. The third kappa shape index (κ3) is 2.74. The Morgan fingerprint density at radius 2 is 1.74 bits per heavy atom. The monoisotopic (exact) mass is 454 g/mol. The Labute approximate surface area is 198 Å². The summed E-state index contributed by atoms with van der Waals surface area (Å²) in [5.74, 6) is 0.928. The van der Waals surface area contributed by atoms with Crippen molar-refractivity contribution in [2.45, 2.75) is 43.2 Å². The number of benzene rings is 3. The lowest BCUT2D eigenvalue weighted by Gasteiger charge is -2.51. The van der Waals surface area contributed by atoms with Crippen LogP contribution in [0.1, 0.15) is 43.2 Å². The Hall–Kier alpha value is -3.80. The van der Waals surface area contributed by atoms with Crippen molar-refractivity contribution in [2.24, 2.45) is 0 Å². The summed E-state index contributed by atoms with van der Waals surface area (Å²) in [6.45, 7) is 0. The largest absolute Gasteiger partial charge is 0.493 e. The molecule has 3 aliphatic rings. The number of anilines is 2. The molecular formula is C28H26N2O4. The van der Waals surface area contributed by atoms with E-state index in [-0.39, 0.29) is 11.1 Å². The summed E-state index contributed by atoms with van der Waals surface area (Å²) in [7, 11) is 1.53. The van der Waals surface area contributed by atoms with Crippen LogP contribution < -0.4 is 14.4 Å². The normalized spacial score (nSPS) is 21.7. The van der Waals surface area contributed by atoms with Gasteiger partial charge >= 0.3 is 0 Å². The van der Waals surface area contributed by atoms with Gasteiger partial charge in [0.05, 0.1) is 23.5 Å². The standard InChI is InChI=1S/C28H26N2O4/c1-33-25-19-22(30(31)32)18-20-14-17-28(34-26(20)25)27(15-8-3-9-16-27)23-12-6-7-13-24(23)29(28)21-10-4-2-5-11-21/h2,4-7,10-14,17-19H,3,8-9,15-16H2,1H3. The van der Waals surface area contributed by atoms with E-state index in [1.54, 1.807) is 6.07 Å². The van der Waals surface area contributed by atoms with Crippen LogP contribution in [0, 0.1) is 10.1 Å². The predicted octanol–water partition coefficient (Wildman–Crippen LogP) is 6.76. The molecule has 1 saturated carbocycles. The highest BCUT2D eigenvalue weighted by Gasteiger charge is 2.64. The van der Waals surface area contributed by atoms with Crippen LogP contribution in [0.15, 0.2) is 72.8 Å². The van der Waals surface area contributed by atoms with Crippen molar-refractivity contribution in [2.75, 3.05) is 12.0 Å². The van der Waals surface area contributed by atoms with E-state index in [0.717, 1.165) is 37.1 Å². The maximum atomic E-state index is 11.5. The van der Waals surface area contributed by atoms with E-state index in [1.807, 2.05) is 24.3 Å². The molecule has 34 heavy (non-hydrogen) atoms. The van der Waals surface area contributed by atoms with Crippen molar-refractivity contribution in [1.82, 2.24) is 0 Å². The number of para-hydroxylation sites is 2. The van der Waals surface area contributed by atoms with Crippen molar-refractivity contribution in [3.63, 3.8) is 0 Å². The molecule has 2 spiro atoms. The van der Waals surface area contributed by atoms with E-state index < -0.39 is 10.6 Å². The summed E-state index contributed by atoms with van der Waals surface area (Å²) in [6.07, 6.45) is 9.56. The van der Waals surface area contributed by atoms with Gasteiger partial charge in [0.25, 0.3) is 5.69 Å². The molecule has 3 aromatic rings. The maximum Gasteiger partial charge on any atom is 0.274 e. The fraction of sp³-hybridized carbons (Fsp3) is 0.286. The first-order valence-corrected chi connectivity index (χ1v) is 11.8. The van der Waals surface area contributed by atoms with E-state index in [0.29, 0.717) is 17.1 Å². The van der Waals surface area contributed by atoms with Crippen LogP contribution in [0.25, 0.3) is 6.08 Å². The summed E-state index contributed by atoms with van der Waals surface area (Å²) in [4.78, 5) is 13.4. The van der Waals surface area contributed by atoms with Gasteiger partial charge < -0.3 is 9.47 Å². The first-order valence-electron chi connectivity index (χ1n) is 11.8. The minimum atomic E-state index is -0.811. The number of non-ortho nitro benzene ring substituents is 1. The molecule has 0 saturated heterocycles. The van der Waals surface area contributed by atoms with Crippen LogP contribution >= 0.6 is 0 Å². The molecule has 6 rings (SSSR count). The molecule has 6 heteroatoms. The van der Waals surface area contributed by atoms with E-state index >= 15 is 0 Å². The molecule has 0 N–H and O–H groups in total. The minimum absolute atomic E-state index is 0.0122. The SMILES string of the molecule is COc1cc([N+](=O)[O-])cc2c1OC1(C=C2)N(c2ccccc2)c2ccccc2C12CCCCC2. The summed E-state index contributed by atoms with van der Waals surface area (Å²) in [6, 6.07) is 21.9. The average Bonchev–Trinajstić information content (AvgIpc) is 3.09. The van der Waals surface area contributed by atoms with E-state index in [4.69, 9.17) is 9.47 Å². The van der Waals surface area contributed by atoms with Crippen molar-refractivity contribution in [3.05, 3.63) is 94.0 Å². The molecule has 2 aliphatic heterocycles. The van der Waals surface area contributed by atoms with Gasteiger partial charge in [-0.1, -0.05) is 55.7 Å². The Morgan fingerprint density at radius 3 is 2.47 bits per heavy atom. The molecule has 0 aromatic heterocycles. The number of nitro benzene ring substituents is 1. The van der Waals surface area contributed by atoms with Crippen molar-refractivity contribution < 1.29 is 14.4 Å². The molecule has 1 fully saturated rings. The maximum absolute atomic E-state index is 11.5. The van der Waals surface area contributed by atoms with Crippen molar-refractivity contribution >= 4 is 23.1 Å². The van der Waals surface area contributed by atoms with Gasteiger partial charge in [0, 0.05) is 23.0 Å². The number of fused-ring (bicyclic) bond motifs is 4. The zero-order valence-corrected chi connectivity index (χ0v) is 19.1. The minimum Gasteiger partial charge on any atom is -0.493 e. The number of nitrogens with zero attached hydrogens (tertiary/aromatic N) is 2. The molecule has 1 atom stereocenters. The smallest absolute Gasteiger partial charge is 0.274 e. The van der Waals surface area contributed by atoms with Crippen LogP contribution in [-0.2, 0) is 5.41 Å². The summed E-state index contributed by atoms with van der Waals surface area (Å²) >= 11 is 0. The molecule has 2 heterocycles. The second-order valence-corrected chi connectivity index (χ2v) is 9.29. The number of methoxy groups -OCH3 is 1. The lowest BCUT2D eigenvalue weighted by atomic mass is 9.64. The van der Waals surface area contributed by atoms with Gasteiger partial charge in [-0.25, -0.2) is 0 Å². The summed E-state index contributed by atoms with van der Waals surface area (Å²) in [5.41, 5.74) is 3.07. The fourth-order valence-corrected chi connectivity index (χ4v) is 6.22. The molecule has 0 amide bonds.